The molecule has 6 nitrogen and oxygen atoms in total. The summed E-state index contributed by atoms with van der Waals surface area (Å²) >= 11 is 1.29. The fraction of sp³-hybridized carbons (Fsp3) is 0.227. The molecule has 30 heavy (non-hydrogen) atoms. The normalized spacial score (nSPS) is 13.6. The van der Waals surface area contributed by atoms with Gasteiger partial charge in [-0.05, 0) is 42.3 Å². The average Bonchev–Trinajstić information content (AvgIpc) is 3.40. The van der Waals surface area contributed by atoms with Crippen LogP contribution in [0.5, 0.6) is 0 Å². The van der Waals surface area contributed by atoms with Crippen LogP contribution in [0.1, 0.15) is 18.4 Å². The number of thioether (sulfide) groups is 1. The monoisotopic (exact) mass is 424 g/mol. The first-order valence-electron chi connectivity index (χ1n) is 9.68. The Hall–Kier alpha value is -3.13. The van der Waals surface area contributed by atoms with Gasteiger partial charge in [0.1, 0.15) is 5.82 Å². The predicted molar refractivity (Wildman–Crippen MR) is 114 cm³/mol. The second-order valence-electron chi connectivity index (χ2n) is 6.94. The number of anilines is 1. The van der Waals surface area contributed by atoms with E-state index in [0.717, 1.165) is 24.2 Å². The zero-order chi connectivity index (χ0) is 20.9. The lowest BCUT2D eigenvalue weighted by Gasteiger charge is -2.16. The summed E-state index contributed by atoms with van der Waals surface area (Å²) in [6, 6.07) is 13.9. The molecule has 1 N–H and O–H groups in total. The van der Waals surface area contributed by atoms with Crippen molar-refractivity contribution < 1.29 is 14.0 Å². The lowest BCUT2D eigenvalue weighted by Crippen LogP contribution is -2.25. The van der Waals surface area contributed by atoms with Crippen LogP contribution in [-0.4, -0.2) is 33.7 Å². The highest BCUT2D eigenvalue weighted by molar-refractivity contribution is 7.99. The Morgan fingerprint density at radius 1 is 1.17 bits per heavy atom. The molecule has 2 amide bonds. The van der Waals surface area contributed by atoms with Crippen LogP contribution >= 0.6 is 11.8 Å². The number of hydrogen-bond acceptors (Lipinski definition) is 4. The van der Waals surface area contributed by atoms with Gasteiger partial charge in [-0.15, -0.1) is 0 Å². The SMILES string of the molecule is O=C(CSc1nccn1-c1cccc(F)c1)NCc1ccc(N2CCCC2=O)cc1. The van der Waals surface area contributed by atoms with E-state index in [1.54, 1.807) is 34.0 Å². The van der Waals surface area contributed by atoms with Crippen molar-refractivity contribution in [1.82, 2.24) is 14.9 Å². The third-order valence-corrected chi connectivity index (χ3v) is 5.80. The number of amides is 2. The third kappa shape index (κ3) is 4.71. The average molecular weight is 425 g/mol. The second-order valence-corrected chi connectivity index (χ2v) is 7.88. The van der Waals surface area contributed by atoms with Crippen molar-refractivity contribution in [1.29, 1.82) is 0 Å². The van der Waals surface area contributed by atoms with Crippen LogP contribution in [0.25, 0.3) is 5.69 Å². The van der Waals surface area contributed by atoms with E-state index in [0.29, 0.717) is 23.8 Å². The molecule has 1 aromatic heterocycles. The van der Waals surface area contributed by atoms with Crippen LogP contribution in [0, 0.1) is 5.82 Å². The van der Waals surface area contributed by atoms with Gasteiger partial charge in [-0.2, -0.15) is 0 Å². The smallest absolute Gasteiger partial charge is 0.230 e. The van der Waals surface area contributed by atoms with Crippen molar-refractivity contribution >= 4 is 29.3 Å². The first kappa shape index (κ1) is 20.2. The van der Waals surface area contributed by atoms with Gasteiger partial charge < -0.3 is 10.2 Å². The molecule has 0 aliphatic carbocycles. The highest BCUT2D eigenvalue weighted by Gasteiger charge is 2.21. The van der Waals surface area contributed by atoms with Crippen LogP contribution < -0.4 is 10.2 Å². The molecule has 0 radical (unpaired) electrons. The van der Waals surface area contributed by atoms with Crippen molar-refractivity contribution in [3.05, 3.63) is 72.3 Å². The molecule has 1 aliphatic rings. The van der Waals surface area contributed by atoms with Crippen LogP contribution in [0.15, 0.2) is 66.1 Å². The minimum atomic E-state index is -0.324. The number of hydrogen-bond donors (Lipinski definition) is 1. The summed E-state index contributed by atoms with van der Waals surface area (Å²) in [4.78, 5) is 30.1. The second kappa shape index (κ2) is 9.13. The number of benzene rings is 2. The Bertz CT molecular complexity index is 1050. The topological polar surface area (TPSA) is 67.2 Å². The number of nitrogens with one attached hydrogen (secondary N) is 1. The quantitative estimate of drug-likeness (QED) is 0.589. The maximum Gasteiger partial charge on any atom is 0.230 e. The summed E-state index contributed by atoms with van der Waals surface area (Å²) in [6.45, 7) is 1.17. The molecule has 3 aromatic rings. The molecule has 0 atom stereocenters. The molecule has 0 bridgehead atoms. The first-order chi connectivity index (χ1) is 14.6. The summed E-state index contributed by atoms with van der Waals surface area (Å²) in [5, 5.41) is 3.51. The fourth-order valence-corrected chi connectivity index (χ4v) is 4.12. The van der Waals surface area contributed by atoms with Crippen molar-refractivity contribution in [3.63, 3.8) is 0 Å². The molecule has 4 rings (SSSR count). The zero-order valence-electron chi connectivity index (χ0n) is 16.3. The van der Waals surface area contributed by atoms with E-state index in [4.69, 9.17) is 0 Å². The van der Waals surface area contributed by atoms with Gasteiger partial charge >= 0.3 is 0 Å². The largest absolute Gasteiger partial charge is 0.351 e. The Morgan fingerprint density at radius 2 is 2.00 bits per heavy atom. The number of carbonyl (C=O) groups is 2. The zero-order valence-corrected chi connectivity index (χ0v) is 17.1. The Morgan fingerprint density at radius 3 is 2.73 bits per heavy atom. The molecule has 0 unspecified atom stereocenters. The van der Waals surface area contributed by atoms with Crippen molar-refractivity contribution in [2.75, 3.05) is 17.2 Å². The van der Waals surface area contributed by atoms with Gasteiger partial charge in [-0.25, -0.2) is 9.37 Å². The number of rotatable bonds is 7. The molecule has 0 saturated carbocycles. The fourth-order valence-electron chi connectivity index (χ4n) is 3.32. The van der Waals surface area contributed by atoms with Crippen LogP contribution in [0.3, 0.4) is 0 Å². The summed E-state index contributed by atoms with van der Waals surface area (Å²) in [5.74, 6) is -0.0838. The number of nitrogens with zero attached hydrogens (tertiary/aromatic N) is 3. The summed E-state index contributed by atoms with van der Waals surface area (Å²) in [5.41, 5.74) is 2.52. The molecule has 0 spiro atoms. The van der Waals surface area contributed by atoms with Crippen molar-refractivity contribution in [2.45, 2.75) is 24.5 Å². The van der Waals surface area contributed by atoms with Gasteiger partial charge in [0.25, 0.3) is 0 Å². The Labute approximate surface area is 178 Å². The van der Waals surface area contributed by atoms with E-state index in [1.807, 2.05) is 24.3 Å². The Balaban J connectivity index is 1.29. The van der Waals surface area contributed by atoms with E-state index in [9.17, 15) is 14.0 Å². The number of halogens is 1. The molecule has 8 heteroatoms. The molecule has 1 aliphatic heterocycles. The van der Waals surface area contributed by atoms with E-state index in [1.165, 1.54) is 23.9 Å². The van der Waals surface area contributed by atoms with Gasteiger partial charge in [0.2, 0.25) is 11.8 Å². The molecule has 1 fully saturated rings. The first-order valence-corrected chi connectivity index (χ1v) is 10.7. The van der Waals surface area contributed by atoms with Gasteiger partial charge in [0, 0.05) is 37.6 Å². The Kier molecular flexibility index (Phi) is 6.13. The number of carbonyl (C=O) groups excluding carboxylic acids is 2. The molecular formula is C22H21FN4O2S. The maximum absolute atomic E-state index is 13.5. The lowest BCUT2D eigenvalue weighted by molar-refractivity contribution is -0.119. The van der Waals surface area contributed by atoms with Gasteiger partial charge in [0.05, 0.1) is 11.4 Å². The number of aromatic nitrogens is 2. The molecule has 154 valence electrons. The highest BCUT2D eigenvalue weighted by Crippen LogP contribution is 2.22. The van der Waals surface area contributed by atoms with Crippen molar-refractivity contribution in [3.8, 4) is 5.69 Å². The van der Waals surface area contributed by atoms with E-state index in [2.05, 4.69) is 10.3 Å². The molecular weight excluding hydrogens is 403 g/mol. The molecule has 1 saturated heterocycles. The predicted octanol–water partition coefficient (Wildman–Crippen LogP) is 3.55. The summed E-state index contributed by atoms with van der Waals surface area (Å²) in [7, 11) is 0. The van der Waals surface area contributed by atoms with Crippen LogP contribution in [-0.2, 0) is 16.1 Å². The highest BCUT2D eigenvalue weighted by atomic mass is 32.2. The van der Waals surface area contributed by atoms with E-state index < -0.39 is 0 Å². The standard InChI is InChI=1S/C22H21FN4O2S/c23-17-3-1-4-19(13-17)27-12-10-24-22(27)30-15-20(28)25-14-16-6-8-18(9-7-16)26-11-2-5-21(26)29/h1,3-4,6-10,12-13H,2,5,11,14-15H2,(H,25,28). The lowest BCUT2D eigenvalue weighted by atomic mass is 10.2. The molecule has 2 heterocycles. The van der Waals surface area contributed by atoms with E-state index in [-0.39, 0.29) is 23.4 Å². The summed E-state index contributed by atoms with van der Waals surface area (Å²) in [6.07, 6.45) is 4.86. The third-order valence-electron chi connectivity index (χ3n) is 4.84. The van der Waals surface area contributed by atoms with Gasteiger partial charge in [0.15, 0.2) is 5.16 Å². The van der Waals surface area contributed by atoms with Gasteiger partial charge in [-0.3, -0.25) is 14.2 Å². The van der Waals surface area contributed by atoms with Crippen LogP contribution in [0.2, 0.25) is 0 Å². The minimum Gasteiger partial charge on any atom is -0.351 e. The number of imidazole rings is 1. The molecule has 2 aromatic carbocycles. The minimum absolute atomic E-state index is 0.118. The van der Waals surface area contributed by atoms with Crippen LogP contribution in [0.4, 0.5) is 10.1 Å². The van der Waals surface area contributed by atoms with Gasteiger partial charge in [-0.1, -0.05) is 30.0 Å². The maximum atomic E-state index is 13.5. The summed E-state index contributed by atoms with van der Waals surface area (Å²) < 4.78 is 15.2. The van der Waals surface area contributed by atoms with E-state index >= 15 is 0 Å². The van der Waals surface area contributed by atoms with Crippen molar-refractivity contribution in [2.24, 2.45) is 0 Å².